The zero-order valence-electron chi connectivity index (χ0n) is 13.7. The minimum absolute atomic E-state index is 0.0470. The van der Waals surface area contributed by atoms with Crippen LogP contribution in [-0.4, -0.2) is 39.6 Å². The third kappa shape index (κ3) is 2.64. The van der Waals surface area contributed by atoms with E-state index in [2.05, 4.69) is 22.6 Å². The number of amides is 1. The van der Waals surface area contributed by atoms with Gasteiger partial charge in [0, 0.05) is 3.57 Å². The summed E-state index contributed by atoms with van der Waals surface area (Å²) in [6.45, 7) is -0.248. The van der Waals surface area contributed by atoms with Crippen LogP contribution in [0.1, 0.15) is 12.0 Å². The maximum absolute atomic E-state index is 12.2. The molecule has 2 heterocycles. The number of aliphatic hydroxyl groups is 1. The Kier molecular flexibility index (Phi) is 4.32. The van der Waals surface area contributed by atoms with E-state index in [-0.39, 0.29) is 24.3 Å². The van der Waals surface area contributed by atoms with Crippen molar-refractivity contribution in [3.63, 3.8) is 0 Å². The average molecular weight is 461 g/mol. The van der Waals surface area contributed by atoms with Crippen LogP contribution in [0.4, 0.5) is 0 Å². The van der Waals surface area contributed by atoms with Crippen molar-refractivity contribution in [1.82, 2.24) is 4.90 Å². The Balaban J connectivity index is 1.81. The molecule has 1 saturated heterocycles. The second kappa shape index (κ2) is 6.51. The van der Waals surface area contributed by atoms with E-state index in [0.29, 0.717) is 12.0 Å². The number of hydrogen-bond donors (Lipinski definition) is 2. The first-order valence-electron chi connectivity index (χ1n) is 8.28. The third-order valence-electron chi connectivity index (χ3n) is 5.04. The Hall–Kier alpha value is -2.19. The molecule has 2 aliphatic heterocycles. The molecular formula is C20H16INO4. The number of nitrogens with zero attached hydrogens (tertiary/aromatic N) is 1. The van der Waals surface area contributed by atoms with Crippen molar-refractivity contribution >= 4 is 40.0 Å². The molecule has 2 N–H and O–H groups in total. The topological polar surface area (TPSA) is 77.8 Å². The lowest BCUT2D eigenvalue weighted by atomic mass is 9.86. The zero-order valence-corrected chi connectivity index (χ0v) is 15.9. The van der Waals surface area contributed by atoms with E-state index >= 15 is 0 Å². The Morgan fingerprint density at radius 2 is 1.81 bits per heavy atom. The fourth-order valence-electron chi connectivity index (χ4n) is 3.81. The molecule has 0 radical (unpaired) electrons. The molecule has 5 nitrogen and oxygen atoms in total. The molecule has 1 amide bonds. The molecule has 0 spiro atoms. The van der Waals surface area contributed by atoms with Gasteiger partial charge in [-0.2, -0.15) is 0 Å². The molecule has 0 saturated carbocycles. The van der Waals surface area contributed by atoms with E-state index < -0.39 is 11.9 Å². The highest BCUT2D eigenvalue weighted by Crippen LogP contribution is 2.46. The minimum atomic E-state index is -1.10. The molecule has 2 aromatic carbocycles. The van der Waals surface area contributed by atoms with E-state index in [9.17, 15) is 19.8 Å². The summed E-state index contributed by atoms with van der Waals surface area (Å²) < 4.78 is 0.996. The van der Waals surface area contributed by atoms with Crippen LogP contribution < -0.4 is 0 Å². The number of fused-ring (bicyclic) bond motifs is 1. The second-order valence-corrected chi connectivity index (χ2v) is 7.74. The van der Waals surface area contributed by atoms with Gasteiger partial charge in [-0.1, -0.05) is 30.3 Å². The fourth-order valence-corrected chi connectivity index (χ4v) is 4.48. The summed E-state index contributed by atoms with van der Waals surface area (Å²) in [6.07, 6.45) is 0.451. The van der Waals surface area contributed by atoms with Crippen molar-refractivity contribution in [2.24, 2.45) is 5.92 Å². The van der Waals surface area contributed by atoms with Gasteiger partial charge in [0.05, 0.1) is 18.6 Å². The van der Waals surface area contributed by atoms with E-state index in [0.717, 1.165) is 20.3 Å². The first kappa shape index (κ1) is 17.2. The summed E-state index contributed by atoms with van der Waals surface area (Å²) in [5, 5.41) is 19.1. The first-order chi connectivity index (χ1) is 12.5. The van der Waals surface area contributed by atoms with E-state index in [1.807, 2.05) is 48.5 Å². The average Bonchev–Trinajstić information content (AvgIpc) is 2.98. The van der Waals surface area contributed by atoms with Crippen molar-refractivity contribution in [3.05, 3.63) is 63.4 Å². The summed E-state index contributed by atoms with van der Waals surface area (Å²) in [6, 6.07) is 15.6. The van der Waals surface area contributed by atoms with Crippen LogP contribution in [0.5, 0.6) is 0 Å². The van der Waals surface area contributed by atoms with Crippen LogP contribution in [0, 0.1) is 9.49 Å². The molecule has 132 valence electrons. The number of hydrogen-bond acceptors (Lipinski definition) is 3. The van der Waals surface area contributed by atoms with Gasteiger partial charge in [-0.25, -0.2) is 4.79 Å². The molecule has 2 aliphatic rings. The molecule has 2 aromatic rings. The highest BCUT2D eigenvalue weighted by molar-refractivity contribution is 14.1. The molecule has 1 fully saturated rings. The predicted molar refractivity (Wildman–Crippen MR) is 105 cm³/mol. The van der Waals surface area contributed by atoms with Gasteiger partial charge in [0.25, 0.3) is 0 Å². The molecule has 4 rings (SSSR count). The molecule has 0 aliphatic carbocycles. The van der Waals surface area contributed by atoms with Gasteiger partial charge < -0.3 is 15.1 Å². The van der Waals surface area contributed by atoms with E-state index in [4.69, 9.17) is 0 Å². The number of rotatable bonds is 4. The number of halogens is 1. The molecule has 0 aromatic heterocycles. The number of carbonyl (C=O) groups excluding carboxylic acids is 1. The number of carbonyl (C=O) groups is 2. The Labute approximate surface area is 164 Å². The van der Waals surface area contributed by atoms with Crippen molar-refractivity contribution in [2.45, 2.75) is 12.5 Å². The number of benzene rings is 2. The Morgan fingerprint density at radius 1 is 1.12 bits per heavy atom. The SMILES string of the molecule is O=C(O)C1=C(c2cc(I)cc(-c3ccccc3)c2)C[C@@H]2[C@@H](CO)C(=O)N12. The van der Waals surface area contributed by atoms with E-state index in [1.165, 1.54) is 4.90 Å². The summed E-state index contributed by atoms with van der Waals surface area (Å²) in [5.41, 5.74) is 3.57. The molecule has 2 atom stereocenters. The van der Waals surface area contributed by atoms with Gasteiger partial charge in [-0.05, 0) is 69.5 Å². The molecule has 26 heavy (non-hydrogen) atoms. The Morgan fingerprint density at radius 3 is 2.46 bits per heavy atom. The lowest BCUT2D eigenvalue weighted by Gasteiger charge is -2.42. The quantitative estimate of drug-likeness (QED) is 0.543. The monoisotopic (exact) mass is 461 g/mol. The van der Waals surface area contributed by atoms with Crippen molar-refractivity contribution in [3.8, 4) is 11.1 Å². The van der Waals surface area contributed by atoms with Crippen LogP contribution >= 0.6 is 22.6 Å². The molecule has 6 heteroatoms. The summed E-state index contributed by atoms with van der Waals surface area (Å²) in [4.78, 5) is 25.4. The summed E-state index contributed by atoms with van der Waals surface area (Å²) >= 11 is 2.22. The van der Waals surface area contributed by atoms with Gasteiger partial charge in [0.15, 0.2) is 0 Å². The predicted octanol–water partition coefficient (Wildman–Crippen LogP) is 2.98. The first-order valence-corrected chi connectivity index (χ1v) is 9.36. The fraction of sp³-hybridized carbons (Fsp3) is 0.200. The minimum Gasteiger partial charge on any atom is -0.477 e. The van der Waals surface area contributed by atoms with Gasteiger partial charge >= 0.3 is 5.97 Å². The zero-order chi connectivity index (χ0) is 18.4. The van der Waals surface area contributed by atoms with Crippen LogP contribution in [0.25, 0.3) is 16.7 Å². The van der Waals surface area contributed by atoms with Gasteiger partial charge in [0.2, 0.25) is 5.91 Å². The van der Waals surface area contributed by atoms with Crippen molar-refractivity contribution < 1.29 is 19.8 Å². The number of carboxylic acids is 1. The van der Waals surface area contributed by atoms with Gasteiger partial charge in [-0.15, -0.1) is 0 Å². The lowest BCUT2D eigenvalue weighted by molar-refractivity contribution is -0.157. The van der Waals surface area contributed by atoms with Crippen LogP contribution in [0.15, 0.2) is 54.2 Å². The van der Waals surface area contributed by atoms with Crippen LogP contribution in [-0.2, 0) is 9.59 Å². The number of aliphatic carboxylic acids is 1. The Bertz CT molecular complexity index is 938. The number of β-lactam (4-membered cyclic amide) rings is 1. The maximum Gasteiger partial charge on any atom is 0.352 e. The highest BCUT2D eigenvalue weighted by atomic mass is 127. The van der Waals surface area contributed by atoms with Crippen molar-refractivity contribution in [1.29, 1.82) is 0 Å². The maximum atomic E-state index is 12.2. The smallest absolute Gasteiger partial charge is 0.352 e. The second-order valence-electron chi connectivity index (χ2n) is 6.50. The van der Waals surface area contributed by atoms with Crippen LogP contribution in [0.2, 0.25) is 0 Å². The lowest BCUT2D eigenvalue weighted by Crippen LogP contribution is -2.59. The number of carboxylic acid groups (broad SMARTS) is 1. The highest BCUT2D eigenvalue weighted by Gasteiger charge is 2.54. The normalized spacial score (nSPS) is 21.6. The number of aliphatic hydroxyl groups excluding tert-OH is 1. The van der Waals surface area contributed by atoms with Gasteiger partial charge in [-0.3, -0.25) is 4.79 Å². The molecule has 0 unspecified atom stereocenters. The molecule has 0 bridgehead atoms. The largest absolute Gasteiger partial charge is 0.477 e. The van der Waals surface area contributed by atoms with Gasteiger partial charge in [0.1, 0.15) is 5.70 Å². The van der Waals surface area contributed by atoms with Crippen molar-refractivity contribution in [2.75, 3.05) is 6.61 Å². The molecular weight excluding hydrogens is 445 g/mol. The van der Waals surface area contributed by atoms with Crippen LogP contribution in [0.3, 0.4) is 0 Å². The standard InChI is InChI=1S/C20H16INO4/c21-14-7-12(11-4-2-1-3-5-11)6-13(8-14)15-9-17-16(10-23)19(24)22(17)18(15)20(25)26/h1-8,16-17,23H,9-10H2,(H,25,26)/t16-,17-/m1/s1. The van der Waals surface area contributed by atoms with E-state index in [1.54, 1.807) is 0 Å². The summed E-state index contributed by atoms with van der Waals surface area (Å²) in [7, 11) is 0. The summed E-state index contributed by atoms with van der Waals surface area (Å²) in [5.74, 6) is -1.91. The third-order valence-corrected chi connectivity index (χ3v) is 5.67.